The Kier molecular flexibility index (Phi) is 4.70. The van der Waals surface area contributed by atoms with Gasteiger partial charge in [0.1, 0.15) is 5.75 Å². The fourth-order valence-corrected chi connectivity index (χ4v) is 4.01. The molecule has 9 heteroatoms. The second kappa shape index (κ2) is 7.07. The molecule has 0 N–H and O–H groups in total. The predicted molar refractivity (Wildman–Crippen MR) is 108 cm³/mol. The zero-order valence-corrected chi connectivity index (χ0v) is 17.2. The lowest BCUT2D eigenvalue weighted by Crippen LogP contribution is -2.64. The van der Waals surface area contributed by atoms with Crippen molar-refractivity contribution in [2.24, 2.45) is 4.99 Å². The summed E-state index contributed by atoms with van der Waals surface area (Å²) in [6.07, 6.45) is 1.33. The topological polar surface area (TPSA) is 77.9 Å². The van der Waals surface area contributed by atoms with E-state index in [0.29, 0.717) is 11.7 Å². The molecule has 3 aliphatic rings. The Hall–Kier alpha value is -3.07. The van der Waals surface area contributed by atoms with Gasteiger partial charge in [0.15, 0.2) is 12.2 Å². The van der Waals surface area contributed by atoms with Crippen LogP contribution in [0, 0.1) is 6.92 Å². The van der Waals surface area contributed by atoms with Crippen molar-refractivity contribution in [3.8, 4) is 5.75 Å². The lowest BCUT2D eigenvalue weighted by Gasteiger charge is -2.40. The third-order valence-electron chi connectivity index (χ3n) is 5.48. The lowest BCUT2D eigenvalue weighted by atomic mass is 10.1. The number of fused-ring (bicyclic) bond motifs is 3. The minimum Gasteiger partial charge on any atom is -0.495 e. The van der Waals surface area contributed by atoms with Crippen LogP contribution in [0.3, 0.4) is 0 Å². The van der Waals surface area contributed by atoms with Crippen molar-refractivity contribution in [2.75, 3.05) is 39.3 Å². The van der Waals surface area contributed by atoms with Crippen molar-refractivity contribution >= 4 is 23.6 Å². The highest BCUT2D eigenvalue weighted by Crippen LogP contribution is 2.40. The summed E-state index contributed by atoms with van der Waals surface area (Å²) in [7, 11) is 4.84. The summed E-state index contributed by atoms with van der Waals surface area (Å²) in [5, 5.41) is 0. The van der Waals surface area contributed by atoms with E-state index in [-0.39, 0.29) is 25.1 Å². The maximum Gasteiger partial charge on any atom is 0.328 e. The number of aliphatic imine (C=N–C) groups is 1. The van der Waals surface area contributed by atoms with Gasteiger partial charge in [-0.05, 0) is 31.5 Å². The molecule has 4 rings (SSSR count). The van der Waals surface area contributed by atoms with Gasteiger partial charge in [-0.15, -0.1) is 0 Å². The van der Waals surface area contributed by atoms with Crippen LogP contribution in [0.2, 0.25) is 0 Å². The molecule has 0 aromatic heterocycles. The van der Waals surface area contributed by atoms with Gasteiger partial charge in [-0.25, -0.2) is 9.79 Å². The van der Waals surface area contributed by atoms with E-state index in [1.54, 1.807) is 21.3 Å². The Morgan fingerprint density at radius 3 is 2.62 bits per heavy atom. The van der Waals surface area contributed by atoms with E-state index in [0.717, 1.165) is 16.9 Å². The molecule has 1 aromatic carbocycles. The molecular weight excluding hydrogens is 374 g/mol. The third-order valence-corrected chi connectivity index (χ3v) is 5.48. The molecule has 0 radical (unpaired) electrons. The quantitative estimate of drug-likeness (QED) is 0.748. The number of hydrogen-bond acceptors (Lipinski definition) is 7. The van der Waals surface area contributed by atoms with Crippen molar-refractivity contribution in [3.05, 3.63) is 35.7 Å². The van der Waals surface area contributed by atoms with E-state index in [2.05, 4.69) is 0 Å². The van der Waals surface area contributed by atoms with Crippen molar-refractivity contribution in [2.45, 2.75) is 26.1 Å². The lowest BCUT2D eigenvalue weighted by molar-refractivity contribution is -0.137. The van der Waals surface area contributed by atoms with E-state index in [4.69, 9.17) is 14.5 Å². The number of benzene rings is 1. The highest BCUT2D eigenvalue weighted by atomic mass is 16.5. The Morgan fingerprint density at radius 2 is 1.93 bits per heavy atom. The van der Waals surface area contributed by atoms with Gasteiger partial charge in [0.25, 0.3) is 5.91 Å². The predicted octanol–water partition coefficient (Wildman–Crippen LogP) is 1.59. The number of carbonyl (C=O) groups excluding carboxylic acids is 2. The second-order valence-corrected chi connectivity index (χ2v) is 7.35. The molecule has 3 aliphatic heterocycles. The van der Waals surface area contributed by atoms with Gasteiger partial charge in [-0.1, -0.05) is 6.07 Å². The first-order valence-corrected chi connectivity index (χ1v) is 9.45. The van der Waals surface area contributed by atoms with Gasteiger partial charge in [0, 0.05) is 26.1 Å². The first kappa shape index (κ1) is 19.3. The first-order chi connectivity index (χ1) is 13.9. The smallest absolute Gasteiger partial charge is 0.328 e. The Morgan fingerprint density at radius 1 is 1.17 bits per heavy atom. The van der Waals surface area contributed by atoms with Gasteiger partial charge in [-0.2, -0.15) is 0 Å². The molecule has 3 heterocycles. The minimum absolute atomic E-state index is 0.211. The number of hydrogen-bond donors (Lipinski definition) is 0. The number of allylic oxidation sites excluding steroid dienone is 1. The number of anilines is 1. The molecule has 1 fully saturated rings. The van der Waals surface area contributed by atoms with Crippen LogP contribution in [0.4, 0.5) is 10.5 Å². The van der Waals surface area contributed by atoms with Crippen LogP contribution in [-0.2, 0) is 9.53 Å². The van der Waals surface area contributed by atoms with E-state index in [9.17, 15) is 9.59 Å². The van der Waals surface area contributed by atoms with Crippen molar-refractivity contribution in [3.63, 3.8) is 0 Å². The van der Waals surface area contributed by atoms with Crippen LogP contribution in [0.1, 0.15) is 12.5 Å². The normalized spacial score (nSPS) is 23.3. The standard InChI is InChI=1S/C20H25N5O4/c1-12-6-7-15(29-5)14(10-12)25-13(2)11-24-16-17(21-19(24)25)22(3)20(27)23(18(16)26)8-9-28-4/h6-7,10-11,16-17H,8-9H2,1-5H3. The van der Waals surface area contributed by atoms with Crippen LogP contribution in [0.25, 0.3) is 0 Å². The number of methoxy groups -OCH3 is 2. The number of carbonyl (C=O) groups is 2. The highest BCUT2D eigenvalue weighted by Gasteiger charge is 2.54. The number of guanidine groups is 1. The number of amides is 3. The number of aryl methyl sites for hydroxylation is 1. The van der Waals surface area contributed by atoms with Gasteiger partial charge in [0.2, 0.25) is 5.96 Å². The zero-order valence-electron chi connectivity index (χ0n) is 17.2. The van der Waals surface area contributed by atoms with E-state index in [1.807, 2.05) is 48.0 Å². The first-order valence-electron chi connectivity index (χ1n) is 9.45. The third kappa shape index (κ3) is 2.84. The molecule has 0 spiro atoms. The summed E-state index contributed by atoms with van der Waals surface area (Å²) in [5.41, 5.74) is 2.85. The van der Waals surface area contributed by atoms with Gasteiger partial charge in [0.05, 0.1) is 25.9 Å². The summed E-state index contributed by atoms with van der Waals surface area (Å²) in [6, 6.07) is 4.96. The molecule has 3 amide bonds. The van der Waals surface area contributed by atoms with E-state index >= 15 is 0 Å². The molecule has 2 unspecified atom stereocenters. The van der Waals surface area contributed by atoms with Crippen LogP contribution >= 0.6 is 0 Å². The van der Waals surface area contributed by atoms with Gasteiger partial charge < -0.3 is 19.3 Å². The molecule has 2 atom stereocenters. The molecule has 1 saturated heterocycles. The summed E-state index contributed by atoms with van der Waals surface area (Å²) >= 11 is 0. The fraction of sp³-hybridized carbons (Fsp3) is 0.450. The molecule has 0 bridgehead atoms. The maximum absolute atomic E-state index is 13.2. The minimum atomic E-state index is -0.597. The van der Waals surface area contributed by atoms with Crippen LogP contribution < -0.4 is 9.64 Å². The largest absolute Gasteiger partial charge is 0.495 e. The Balaban J connectivity index is 1.73. The summed E-state index contributed by atoms with van der Waals surface area (Å²) in [5.74, 6) is 1.05. The van der Waals surface area contributed by atoms with Crippen molar-refractivity contribution < 1.29 is 19.1 Å². The SMILES string of the molecule is COCCN1C(=O)C2C(N=C3N(c4cc(C)ccc4OC)C(C)=CN32)N(C)C1=O. The Bertz CT molecular complexity index is 927. The van der Waals surface area contributed by atoms with Crippen molar-refractivity contribution in [1.82, 2.24) is 14.7 Å². The fourth-order valence-electron chi connectivity index (χ4n) is 4.01. The summed E-state index contributed by atoms with van der Waals surface area (Å²) in [4.78, 5) is 37.2. The number of urea groups is 1. The van der Waals surface area contributed by atoms with Crippen molar-refractivity contribution in [1.29, 1.82) is 0 Å². The molecule has 154 valence electrons. The summed E-state index contributed by atoms with van der Waals surface area (Å²) < 4.78 is 10.6. The maximum atomic E-state index is 13.2. The van der Waals surface area contributed by atoms with E-state index in [1.165, 1.54) is 9.80 Å². The van der Waals surface area contributed by atoms with Gasteiger partial charge in [-0.3, -0.25) is 14.6 Å². The molecule has 1 aromatic rings. The summed E-state index contributed by atoms with van der Waals surface area (Å²) in [6.45, 7) is 4.47. The second-order valence-electron chi connectivity index (χ2n) is 7.35. The number of rotatable bonds is 5. The van der Waals surface area contributed by atoms with E-state index < -0.39 is 12.2 Å². The average molecular weight is 399 g/mol. The number of imide groups is 1. The zero-order chi connectivity index (χ0) is 20.9. The molecule has 0 aliphatic carbocycles. The van der Waals surface area contributed by atoms with Crippen LogP contribution in [-0.4, -0.2) is 79.2 Å². The number of nitrogens with zero attached hydrogens (tertiary/aromatic N) is 5. The highest BCUT2D eigenvalue weighted by molar-refractivity contribution is 6.10. The molecule has 9 nitrogen and oxygen atoms in total. The average Bonchev–Trinajstić information content (AvgIpc) is 3.20. The molecular formula is C20H25N5O4. The van der Waals surface area contributed by atoms with Crippen LogP contribution in [0.5, 0.6) is 5.75 Å². The van der Waals surface area contributed by atoms with Gasteiger partial charge >= 0.3 is 6.03 Å². The number of likely N-dealkylation sites (N-methyl/N-ethyl adjacent to an activating group) is 1. The Labute approximate surface area is 169 Å². The number of ether oxygens (including phenoxy) is 2. The monoisotopic (exact) mass is 399 g/mol. The molecule has 29 heavy (non-hydrogen) atoms. The van der Waals surface area contributed by atoms with Crippen LogP contribution in [0.15, 0.2) is 35.1 Å². The molecule has 0 saturated carbocycles.